The van der Waals surface area contributed by atoms with Crippen LogP contribution in [0.4, 0.5) is 0 Å². The number of pyridine rings is 2. The molecule has 2 nitrogen and oxygen atoms in total. The Balaban J connectivity index is 0.000000187. The summed E-state index contributed by atoms with van der Waals surface area (Å²) in [5.74, 6) is 0. The second-order valence-corrected chi connectivity index (χ2v) is 5.97. The molecule has 0 saturated heterocycles. The molecule has 3 heteroatoms. The number of benzene rings is 2. The summed E-state index contributed by atoms with van der Waals surface area (Å²) >= 11 is 0. The Morgan fingerprint density at radius 2 is 0.815 bits per heavy atom. The van der Waals surface area contributed by atoms with E-state index in [0.29, 0.717) is 0 Å². The molecule has 0 spiro atoms. The Labute approximate surface area is 174 Å². The van der Waals surface area contributed by atoms with Crippen LogP contribution in [0.1, 0.15) is 22.5 Å². The second kappa shape index (κ2) is 11.9. The van der Waals surface area contributed by atoms with Crippen molar-refractivity contribution < 1.29 is 20.1 Å². The number of nitrogens with zero attached hydrogens (tertiary/aromatic N) is 2. The van der Waals surface area contributed by atoms with Crippen molar-refractivity contribution >= 4 is 0 Å². The van der Waals surface area contributed by atoms with E-state index in [1.807, 2.05) is 60.9 Å². The van der Waals surface area contributed by atoms with Gasteiger partial charge in [-0.3, -0.25) is 9.97 Å². The normalized spacial score (nSPS) is 9.48. The van der Waals surface area contributed by atoms with Crippen LogP contribution in [0.3, 0.4) is 0 Å². The minimum Gasteiger partial charge on any atom is -0.261 e. The average molecular weight is 531 g/mol. The molecule has 2 heterocycles. The van der Waals surface area contributed by atoms with Gasteiger partial charge in [-0.25, -0.2) is 0 Å². The van der Waals surface area contributed by atoms with Gasteiger partial charge in [0.25, 0.3) is 0 Å². The van der Waals surface area contributed by atoms with E-state index >= 15 is 0 Å². The summed E-state index contributed by atoms with van der Waals surface area (Å²) in [6.07, 6.45) is 5.50. The maximum absolute atomic E-state index is 4.27. The molecular weight excluding hydrogens is 508 g/mol. The van der Waals surface area contributed by atoms with Gasteiger partial charge in [0.1, 0.15) is 0 Å². The van der Waals surface area contributed by atoms with Crippen LogP contribution in [-0.4, -0.2) is 9.97 Å². The second-order valence-electron chi connectivity index (χ2n) is 5.97. The first kappa shape index (κ1) is 20.7. The molecule has 0 aliphatic rings. The van der Waals surface area contributed by atoms with Crippen molar-refractivity contribution in [3.05, 3.63) is 132 Å². The van der Waals surface area contributed by atoms with Gasteiger partial charge in [-0.1, -0.05) is 72.8 Å². The Morgan fingerprint density at radius 3 is 1.15 bits per heavy atom. The molecule has 0 aliphatic carbocycles. The summed E-state index contributed by atoms with van der Waals surface area (Å²) in [7, 11) is 0. The molecule has 0 atom stereocenters. The van der Waals surface area contributed by atoms with E-state index in [1.54, 1.807) is 0 Å². The monoisotopic (exact) mass is 531 g/mol. The van der Waals surface area contributed by atoms with Gasteiger partial charge in [0.15, 0.2) is 0 Å². The molecule has 4 aromatic rings. The molecule has 0 aliphatic heterocycles. The first-order valence-corrected chi connectivity index (χ1v) is 8.78. The van der Waals surface area contributed by atoms with E-state index in [4.69, 9.17) is 0 Å². The van der Waals surface area contributed by atoms with Gasteiger partial charge < -0.3 is 0 Å². The zero-order valence-electron chi connectivity index (χ0n) is 15.0. The van der Waals surface area contributed by atoms with Gasteiger partial charge in [-0.2, -0.15) is 0 Å². The number of hydrogen-bond acceptors (Lipinski definition) is 2. The molecule has 0 saturated carbocycles. The van der Waals surface area contributed by atoms with Crippen molar-refractivity contribution in [1.29, 1.82) is 0 Å². The van der Waals surface area contributed by atoms with E-state index in [1.165, 1.54) is 11.1 Å². The Bertz CT molecular complexity index is 715. The molecule has 2 aromatic carbocycles. The molecule has 0 fully saturated rings. The van der Waals surface area contributed by atoms with Crippen molar-refractivity contribution in [2.24, 2.45) is 0 Å². The van der Waals surface area contributed by atoms with Crippen LogP contribution >= 0.6 is 0 Å². The molecular formula is C24H22IrN2. The molecule has 4 rings (SSSR count). The Kier molecular flexibility index (Phi) is 9.12. The zero-order chi connectivity index (χ0) is 17.9. The largest absolute Gasteiger partial charge is 0.261 e. The quantitative estimate of drug-likeness (QED) is 0.356. The first-order valence-electron chi connectivity index (χ1n) is 8.78. The third kappa shape index (κ3) is 7.65. The van der Waals surface area contributed by atoms with Gasteiger partial charge >= 0.3 is 0 Å². The minimum atomic E-state index is 0. The van der Waals surface area contributed by atoms with E-state index in [-0.39, 0.29) is 20.1 Å². The predicted molar refractivity (Wildman–Crippen MR) is 107 cm³/mol. The van der Waals surface area contributed by atoms with Crippen LogP contribution in [0, 0.1) is 0 Å². The van der Waals surface area contributed by atoms with Crippen molar-refractivity contribution in [3.8, 4) is 0 Å². The molecule has 137 valence electrons. The summed E-state index contributed by atoms with van der Waals surface area (Å²) in [5, 5.41) is 0. The van der Waals surface area contributed by atoms with Crippen molar-refractivity contribution in [2.45, 2.75) is 12.8 Å². The topological polar surface area (TPSA) is 25.8 Å². The smallest absolute Gasteiger partial charge is 0.0447 e. The predicted octanol–water partition coefficient (Wildman–Crippen LogP) is 5.34. The van der Waals surface area contributed by atoms with Gasteiger partial charge in [0, 0.05) is 56.7 Å². The van der Waals surface area contributed by atoms with Gasteiger partial charge in [-0.15, -0.1) is 0 Å². The molecule has 0 N–H and O–H groups in total. The summed E-state index contributed by atoms with van der Waals surface area (Å²) in [5.41, 5.74) is 4.85. The van der Waals surface area contributed by atoms with Crippen LogP contribution < -0.4 is 0 Å². The average Bonchev–Trinajstić information content (AvgIpc) is 2.72. The third-order valence-electron chi connectivity index (χ3n) is 3.91. The van der Waals surface area contributed by atoms with Gasteiger partial charge in [-0.05, 0) is 35.4 Å². The summed E-state index contributed by atoms with van der Waals surface area (Å²) in [4.78, 5) is 8.55. The Morgan fingerprint density at radius 1 is 0.444 bits per heavy atom. The summed E-state index contributed by atoms with van der Waals surface area (Å²) < 4.78 is 0. The van der Waals surface area contributed by atoms with E-state index in [2.05, 4.69) is 58.5 Å². The fourth-order valence-electron chi connectivity index (χ4n) is 2.62. The SMILES string of the molecule is [Ir].c1ccc(Cc2ccccn2)cc1.c1ccc(Cc2ccccn2)cc1. The van der Waals surface area contributed by atoms with E-state index in [0.717, 1.165) is 24.2 Å². The zero-order valence-corrected chi connectivity index (χ0v) is 17.4. The van der Waals surface area contributed by atoms with E-state index in [9.17, 15) is 0 Å². The number of hydrogen-bond donors (Lipinski definition) is 0. The van der Waals surface area contributed by atoms with Crippen molar-refractivity contribution in [1.82, 2.24) is 9.97 Å². The molecule has 0 unspecified atom stereocenters. The summed E-state index contributed by atoms with van der Waals surface area (Å²) in [6, 6.07) is 32.8. The first-order chi connectivity index (χ1) is 12.9. The van der Waals surface area contributed by atoms with Crippen LogP contribution in [0.15, 0.2) is 109 Å². The van der Waals surface area contributed by atoms with Gasteiger partial charge in [0.2, 0.25) is 0 Å². The van der Waals surface area contributed by atoms with Crippen LogP contribution in [-0.2, 0) is 32.9 Å². The minimum absolute atomic E-state index is 0. The van der Waals surface area contributed by atoms with E-state index < -0.39 is 0 Å². The maximum Gasteiger partial charge on any atom is 0.0447 e. The fraction of sp³-hybridized carbons (Fsp3) is 0.0833. The van der Waals surface area contributed by atoms with Crippen LogP contribution in [0.5, 0.6) is 0 Å². The van der Waals surface area contributed by atoms with Gasteiger partial charge in [0.05, 0.1) is 0 Å². The van der Waals surface area contributed by atoms with Crippen LogP contribution in [0.25, 0.3) is 0 Å². The molecule has 1 radical (unpaired) electrons. The van der Waals surface area contributed by atoms with Crippen molar-refractivity contribution in [2.75, 3.05) is 0 Å². The molecule has 2 aromatic heterocycles. The standard InChI is InChI=1S/2C12H11N.Ir/c2*1-2-6-11(7-3-1)10-12-8-4-5-9-13-12;/h2*1-9H,10H2;. The Hall–Kier alpha value is -2.61. The van der Waals surface area contributed by atoms with Crippen LogP contribution in [0.2, 0.25) is 0 Å². The maximum atomic E-state index is 4.27. The van der Waals surface area contributed by atoms with Crippen molar-refractivity contribution in [3.63, 3.8) is 0 Å². The molecule has 0 bridgehead atoms. The third-order valence-corrected chi connectivity index (χ3v) is 3.91. The molecule has 0 amide bonds. The molecule has 27 heavy (non-hydrogen) atoms. The summed E-state index contributed by atoms with van der Waals surface area (Å²) in [6.45, 7) is 0. The number of rotatable bonds is 4. The number of aromatic nitrogens is 2. The fourth-order valence-corrected chi connectivity index (χ4v) is 2.62.